The topological polar surface area (TPSA) is 47.6 Å². The van der Waals surface area contributed by atoms with Crippen LogP contribution in [-0.2, 0) is 14.3 Å². The van der Waals surface area contributed by atoms with E-state index < -0.39 is 0 Å². The molecule has 0 aromatic rings. The molecule has 0 saturated heterocycles. The maximum absolute atomic E-state index is 11.5. The SMILES string of the molecule is COC(=O)C(CCOCCC1CCC1)NC(C)C. The largest absolute Gasteiger partial charge is 0.468 e. The summed E-state index contributed by atoms with van der Waals surface area (Å²) >= 11 is 0. The highest BCUT2D eigenvalue weighted by molar-refractivity contribution is 5.75. The lowest BCUT2D eigenvalue weighted by Crippen LogP contribution is -2.42. The summed E-state index contributed by atoms with van der Waals surface area (Å²) in [4.78, 5) is 11.5. The Morgan fingerprint density at radius 2 is 2.06 bits per heavy atom. The second kappa shape index (κ2) is 8.48. The summed E-state index contributed by atoms with van der Waals surface area (Å²) in [5.41, 5.74) is 0. The van der Waals surface area contributed by atoms with Crippen LogP contribution in [0.1, 0.15) is 46.0 Å². The van der Waals surface area contributed by atoms with E-state index in [4.69, 9.17) is 9.47 Å². The second-order valence-electron chi connectivity index (χ2n) is 5.38. The summed E-state index contributed by atoms with van der Waals surface area (Å²) in [7, 11) is 1.43. The van der Waals surface area contributed by atoms with Gasteiger partial charge in [-0.05, 0) is 18.8 Å². The third-order valence-corrected chi connectivity index (χ3v) is 3.47. The van der Waals surface area contributed by atoms with E-state index in [0.29, 0.717) is 13.0 Å². The first-order valence-electron chi connectivity index (χ1n) is 7.05. The van der Waals surface area contributed by atoms with Gasteiger partial charge in [-0.25, -0.2) is 0 Å². The van der Waals surface area contributed by atoms with Crippen molar-refractivity contribution in [3.63, 3.8) is 0 Å². The molecule has 4 heteroatoms. The van der Waals surface area contributed by atoms with Gasteiger partial charge in [-0.1, -0.05) is 33.1 Å². The van der Waals surface area contributed by atoms with Crippen molar-refractivity contribution in [2.24, 2.45) is 5.92 Å². The molecule has 18 heavy (non-hydrogen) atoms. The highest BCUT2D eigenvalue weighted by atomic mass is 16.5. The number of esters is 1. The zero-order valence-corrected chi connectivity index (χ0v) is 11.9. The first-order valence-corrected chi connectivity index (χ1v) is 7.05. The maximum Gasteiger partial charge on any atom is 0.322 e. The summed E-state index contributed by atoms with van der Waals surface area (Å²) in [6, 6.07) is 0.0165. The van der Waals surface area contributed by atoms with Gasteiger partial charge in [-0.15, -0.1) is 0 Å². The van der Waals surface area contributed by atoms with Gasteiger partial charge in [0, 0.05) is 19.3 Å². The molecule has 1 unspecified atom stereocenters. The molecule has 1 aliphatic carbocycles. The summed E-state index contributed by atoms with van der Waals surface area (Å²) in [6.45, 7) is 5.48. The molecule has 0 heterocycles. The third-order valence-electron chi connectivity index (χ3n) is 3.47. The Morgan fingerprint density at radius 3 is 2.56 bits per heavy atom. The molecular weight excluding hydrogens is 230 g/mol. The Morgan fingerprint density at radius 1 is 1.33 bits per heavy atom. The van der Waals surface area contributed by atoms with Gasteiger partial charge in [0.2, 0.25) is 0 Å². The van der Waals surface area contributed by atoms with Gasteiger partial charge < -0.3 is 14.8 Å². The highest BCUT2D eigenvalue weighted by Crippen LogP contribution is 2.29. The van der Waals surface area contributed by atoms with E-state index in [1.165, 1.54) is 32.8 Å². The molecule has 0 radical (unpaired) electrons. The van der Waals surface area contributed by atoms with Gasteiger partial charge in [-0.2, -0.15) is 0 Å². The van der Waals surface area contributed by atoms with Gasteiger partial charge in [0.1, 0.15) is 6.04 Å². The number of carbonyl (C=O) groups is 1. The molecule has 1 saturated carbocycles. The van der Waals surface area contributed by atoms with E-state index in [1.54, 1.807) is 0 Å². The van der Waals surface area contributed by atoms with Crippen LogP contribution < -0.4 is 5.32 Å². The normalized spacial score (nSPS) is 17.6. The van der Waals surface area contributed by atoms with Crippen LogP contribution in [0.25, 0.3) is 0 Å². The molecule has 0 spiro atoms. The van der Waals surface area contributed by atoms with E-state index in [0.717, 1.165) is 12.5 Å². The number of ether oxygens (including phenoxy) is 2. The molecule has 1 fully saturated rings. The quantitative estimate of drug-likeness (QED) is 0.508. The van der Waals surface area contributed by atoms with E-state index in [9.17, 15) is 4.79 Å². The van der Waals surface area contributed by atoms with Crippen LogP contribution in [0.5, 0.6) is 0 Å². The van der Waals surface area contributed by atoms with E-state index >= 15 is 0 Å². The van der Waals surface area contributed by atoms with Gasteiger partial charge >= 0.3 is 5.97 Å². The molecule has 1 rings (SSSR count). The van der Waals surface area contributed by atoms with Crippen LogP contribution >= 0.6 is 0 Å². The van der Waals surface area contributed by atoms with Crippen molar-refractivity contribution in [3.8, 4) is 0 Å². The average molecular weight is 257 g/mol. The van der Waals surface area contributed by atoms with Crippen molar-refractivity contribution in [1.29, 1.82) is 0 Å². The Bertz CT molecular complexity index is 239. The number of nitrogens with one attached hydrogen (secondary N) is 1. The lowest BCUT2D eigenvalue weighted by atomic mass is 9.83. The van der Waals surface area contributed by atoms with Gasteiger partial charge in [0.25, 0.3) is 0 Å². The number of methoxy groups -OCH3 is 1. The Kier molecular flexibility index (Phi) is 7.28. The number of carbonyl (C=O) groups excluding carboxylic acids is 1. The Labute approximate surface area is 110 Å². The van der Waals surface area contributed by atoms with Crippen molar-refractivity contribution in [2.75, 3.05) is 20.3 Å². The molecule has 0 aliphatic heterocycles. The fourth-order valence-corrected chi connectivity index (χ4v) is 2.15. The lowest BCUT2D eigenvalue weighted by Gasteiger charge is -2.25. The molecular formula is C14H27NO3. The van der Waals surface area contributed by atoms with Crippen LogP contribution in [-0.4, -0.2) is 38.4 Å². The molecule has 4 nitrogen and oxygen atoms in total. The third kappa shape index (κ3) is 5.83. The monoisotopic (exact) mass is 257 g/mol. The molecule has 106 valence electrons. The molecule has 0 bridgehead atoms. The predicted octanol–water partition coefficient (Wildman–Crippen LogP) is 2.12. The molecule has 0 aromatic heterocycles. The van der Waals surface area contributed by atoms with E-state index in [1.807, 2.05) is 13.8 Å². The number of hydrogen-bond acceptors (Lipinski definition) is 4. The summed E-state index contributed by atoms with van der Waals surface area (Å²) < 4.78 is 10.4. The van der Waals surface area contributed by atoms with Crippen molar-refractivity contribution in [1.82, 2.24) is 5.32 Å². The minimum atomic E-state index is -0.251. The van der Waals surface area contributed by atoms with Crippen LogP contribution in [0, 0.1) is 5.92 Å². The Hall–Kier alpha value is -0.610. The standard InChI is InChI=1S/C14H27NO3/c1-11(2)15-13(14(16)17-3)8-10-18-9-7-12-5-4-6-12/h11-13,15H,4-10H2,1-3H3. The summed E-state index contributed by atoms with van der Waals surface area (Å²) in [5, 5.41) is 3.20. The first kappa shape index (κ1) is 15.4. The molecule has 1 N–H and O–H groups in total. The minimum Gasteiger partial charge on any atom is -0.468 e. The van der Waals surface area contributed by atoms with Crippen LogP contribution in [0.15, 0.2) is 0 Å². The lowest BCUT2D eigenvalue weighted by molar-refractivity contribution is -0.143. The van der Waals surface area contributed by atoms with Crippen LogP contribution in [0.3, 0.4) is 0 Å². The van der Waals surface area contributed by atoms with Gasteiger partial charge in [0.15, 0.2) is 0 Å². The van der Waals surface area contributed by atoms with Crippen LogP contribution in [0.4, 0.5) is 0 Å². The zero-order chi connectivity index (χ0) is 13.4. The fourth-order valence-electron chi connectivity index (χ4n) is 2.15. The molecule has 0 aromatic carbocycles. The van der Waals surface area contributed by atoms with E-state index in [-0.39, 0.29) is 18.1 Å². The minimum absolute atomic E-state index is 0.203. The second-order valence-corrected chi connectivity index (χ2v) is 5.38. The molecule has 1 aliphatic rings. The predicted molar refractivity (Wildman–Crippen MR) is 71.5 cm³/mol. The fraction of sp³-hybridized carbons (Fsp3) is 0.929. The average Bonchev–Trinajstić information content (AvgIpc) is 2.28. The van der Waals surface area contributed by atoms with Crippen LogP contribution in [0.2, 0.25) is 0 Å². The molecule has 0 amide bonds. The van der Waals surface area contributed by atoms with E-state index in [2.05, 4.69) is 5.32 Å². The smallest absolute Gasteiger partial charge is 0.322 e. The van der Waals surface area contributed by atoms with Gasteiger partial charge in [-0.3, -0.25) is 4.79 Å². The highest BCUT2D eigenvalue weighted by Gasteiger charge is 2.20. The number of hydrogen-bond donors (Lipinski definition) is 1. The van der Waals surface area contributed by atoms with Crippen molar-refractivity contribution in [3.05, 3.63) is 0 Å². The van der Waals surface area contributed by atoms with Gasteiger partial charge in [0.05, 0.1) is 7.11 Å². The first-order chi connectivity index (χ1) is 8.63. The summed E-state index contributed by atoms with van der Waals surface area (Å²) in [6.07, 6.45) is 5.95. The van der Waals surface area contributed by atoms with Crippen molar-refractivity contribution >= 4 is 5.97 Å². The number of rotatable bonds is 9. The van der Waals surface area contributed by atoms with Crippen molar-refractivity contribution in [2.45, 2.75) is 58.0 Å². The molecule has 1 atom stereocenters. The summed E-state index contributed by atoms with van der Waals surface area (Å²) in [5.74, 6) is 0.682. The zero-order valence-electron chi connectivity index (χ0n) is 11.9. The maximum atomic E-state index is 11.5. The van der Waals surface area contributed by atoms with Crippen molar-refractivity contribution < 1.29 is 14.3 Å². The Balaban J connectivity index is 2.09.